The zero-order chi connectivity index (χ0) is 7.28. The van der Waals surface area contributed by atoms with E-state index >= 15 is 0 Å². The molecular formula is C7H11ClO. The third-order valence-electron chi connectivity index (χ3n) is 0.737. The SMILES string of the molecule is C=C(Cl)CC(=C)OCC. The highest BCUT2D eigenvalue weighted by Gasteiger charge is 1.93. The second-order valence-electron chi connectivity index (χ2n) is 1.67. The topological polar surface area (TPSA) is 9.23 Å². The number of ether oxygens (including phenoxy) is 1. The van der Waals surface area contributed by atoms with Gasteiger partial charge in [-0.1, -0.05) is 24.8 Å². The molecule has 1 nitrogen and oxygen atoms in total. The van der Waals surface area contributed by atoms with E-state index in [1.165, 1.54) is 0 Å². The Morgan fingerprint density at radius 1 is 1.56 bits per heavy atom. The van der Waals surface area contributed by atoms with Crippen LogP contribution < -0.4 is 0 Å². The second-order valence-corrected chi connectivity index (χ2v) is 2.20. The average Bonchev–Trinajstić information content (AvgIpc) is 1.63. The summed E-state index contributed by atoms with van der Waals surface area (Å²) < 4.78 is 5.01. The molecule has 0 bridgehead atoms. The summed E-state index contributed by atoms with van der Waals surface area (Å²) in [5.41, 5.74) is 0. The van der Waals surface area contributed by atoms with Crippen molar-refractivity contribution in [2.24, 2.45) is 0 Å². The van der Waals surface area contributed by atoms with Crippen molar-refractivity contribution in [3.63, 3.8) is 0 Å². The van der Waals surface area contributed by atoms with Gasteiger partial charge in [0, 0.05) is 11.5 Å². The van der Waals surface area contributed by atoms with Crippen molar-refractivity contribution in [3.8, 4) is 0 Å². The Bertz CT molecular complexity index is 118. The highest BCUT2D eigenvalue weighted by atomic mass is 35.5. The van der Waals surface area contributed by atoms with E-state index < -0.39 is 0 Å². The maximum Gasteiger partial charge on any atom is 0.0940 e. The molecule has 0 aliphatic carbocycles. The van der Waals surface area contributed by atoms with Crippen molar-refractivity contribution in [3.05, 3.63) is 23.9 Å². The van der Waals surface area contributed by atoms with E-state index in [0.717, 1.165) is 0 Å². The van der Waals surface area contributed by atoms with Gasteiger partial charge in [-0.25, -0.2) is 0 Å². The molecule has 0 unspecified atom stereocenters. The van der Waals surface area contributed by atoms with Crippen LogP contribution in [0.2, 0.25) is 0 Å². The lowest BCUT2D eigenvalue weighted by atomic mass is 10.4. The highest BCUT2D eigenvalue weighted by Crippen LogP contribution is 2.10. The van der Waals surface area contributed by atoms with Gasteiger partial charge in [0.25, 0.3) is 0 Å². The molecule has 0 atom stereocenters. The number of rotatable bonds is 4. The number of halogens is 1. The number of hydrogen-bond donors (Lipinski definition) is 0. The van der Waals surface area contributed by atoms with Gasteiger partial charge in [-0.2, -0.15) is 0 Å². The minimum absolute atomic E-state index is 0.551. The molecule has 0 aromatic carbocycles. The van der Waals surface area contributed by atoms with Crippen molar-refractivity contribution in [2.75, 3.05) is 6.61 Å². The molecule has 2 heteroatoms. The van der Waals surface area contributed by atoms with Crippen molar-refractivity contribution < 1.29 is 4.74 Å². The van der Waals surface area contributed by atoms with Gasteiger partial charge in [0.05, 0.1) is 12.4 Å². The molecule has 0 saturated carbocycles. The maximum absolute atomic E-state index is 5.47. The quantitative estimate of drug-likeness (QED) is 0.555. The summed E-state index contributed by atoms with van der Waals surface area (Å²) in [5.74, 6) is 0.678. The van der Waals surface area contributed by atoms with Crippen LogP contribution >= 0.6 is 11.6 Å². The fourth-order valence-corrected chi connectivity index (χ4v) is 0.618. The molecule has 0 radical (unpaired) electrons. The van der Waals surface area contributed by atoms with Crippen LogP contribution in [0.5, 0.6) is 0 Å². The van der Waals surface area contributed by atoms with Gasteiger partial charge in [-0.15, -0.1) is 0 Å². The van der Waals surface area contributed by atoms with E-state index in [0.29, 0.717) is 23.8 Å². The van der Waals surface area contributed by atoms with Crippen LogP contribution in [0.15, 0.2) is 23.9 Å². The van der Waals surface area contributed by atoms with Crippen LogP contribution in [-0.2, 0) is 4.74 Å². The molecule has 0 rings (SSSR count). The standard InChI is InChI=1S/C7H11ClO/c1-4-9-7(3)5-6(2)8/h2-5H2,1H3. The molecule has 52 valence electrons. The molecule has 0 fully saturated rings. The Labute approximate surface area is 61.0 Å². The molecule has 0 N–H and O–H groups in total. The lowest BCUT2D eigenvalue weighted by molar-refractivity contribution is 0.225. The van der Waals surface area contributed by atoms with Gasteiger partial charge in [0.1, 0.15) is 0 Å². The van der Waals surface area contributed by atoms with Crippen molar-refractivity contribution in [1.29, 1.82) is 0 Å². The van der Waals surface area contributed by atoms with E-state index in [1.54, 1.807) is 0 Å². The number of allylic oxidation sites excluding steroid dienone is 1. The van der Waals surface area contributed by atoms with Crippen molar-refractivity contribution in [2.45, 2.75) is 13.3 Å². The molecule has 0 aromatic rings. The Kier molecular flexibility index (Phi) is 4.24. The van der Waals surface area contributed by atoms with Gasteiger partial charge in [0.15, 0.2) is 0 Å². The van der Waals surface area contributed by atoms with E-state index in [1.807, 2.05) is 6.92 Å². The Balaban J connectivity index is 3.39. The largest absolute Gasteiger partial charge is 0.498 e. The highest BCUT2D eigenvalue weighted by molar-refractivity contribution is 6.29. The lowest BCUT2D eigenvalue weighted by Crippen LogP contribution is -1.88. The second kappa shape index (κ2) is 4.45. The molecule has 0 amide bonds. The van der Waals surface area contributed by atoms with E-state index in [-0.39, 0.29) is 0 Å². The van der Waals surface area contributed by atoms with Crippen LogP contribution in [0, 0.1) is 0 Å². The summed E-state index contributed by atoms with van der Waals surface area (Å²) in [4.78, 5) is 0. The third kappa shape index (κ3) is 5.44. The van der Waals surface area contributed by atoms with E-state index in [2.05, 4.69) is 13.2 Å². The van der Waals surface area contributed by atoms with Crippen LogP contribution in [0.3, 0.4) is 0 Å². The van der Waals surface area contributed by atoms with Gasteiger partial charge in [-0.05, 0) is 6.92 Å². The summed E-state index contributed by atoms with van der Waals surface area (Å²) in [6, 6.07) is 0. The fourth-order valence-electron chi connectivity index (χ4n) is 0.469. The first-order valence-electron chi connectivity index (χ1n) is 2.80. The summed E-state index contributed by atoms with van der Waals surface area (Å²) >= 11 is 5.47. The van der Waals surface area contributed by atoms with Crippen LogP contribution in [-0.4, -0.2) is 6.61 Å². The molecular weight excluding hydrogens is 136 g/mol. The minimum atomic E-state index is 0.551. The predicted octanol–water partition coefficient (Wildman–Crippen LogP) is 2.68. The predicted molar refractivity (Wildman–Crippen MR) is 40.4 cm³/mol. The Hall–Kier alpha value is -0.430. The van der Waals surface area contributed by atoms with Gasteiger partial charge < -0.3 is 4.74 Å². The summed E-state index contributed by atoms with van der Waals surface area (Å²) in [6.07, 6.45) is 0.551. The Morgan fingerprint density at radius 2 is 2.11 bits per heavy atom. The normalized spacial score (nSPS) is 8.67. The molecule has 0 aliphatic rings. The zero-order valence-corrected chi connectivity index (χ0v) is 6.37. The molecule has 0 aromatic heterocycles. The van der Waals surface area contributed by atoms with Gasteiger partial charge in [-0.3, -0.25) is 0 Å². The summed E-state index contributed by atoms with van der Waals surface area (Å²) in [5, 5.41) is 0.563. The first kappa shape index (κ1) is 8.57. The van der Waals surface area contributed by atoms with E-state index in [4.69, 9.17) is 16.3 Å². The smallest absolute Gasteiger partial charge is 0.0940 e. The molecule has 0 saturated heterocycles. The van der Waals surface area contributed by atoms with Crippen LogP contribution in [0.1, 0.15) is 13.3 Å². The van der Waals surface area contributed by atoms with Crippen molar-refractivity contribution in [1.82, 2.24) is 0 Å². The zero-order valence-electron chi connectivity index (χ0n) is 5.61. The van der Waals surface area contributed by atoms with Crippen molar-refractivity contribution >= 4 is 11.6 Å². The lowest BCUT2D eigenvalue weighted by Gasteiger charge is -2.03. The number of hydrogen-bond acceptors (Lipinski definition) is 1. The fraction of sp³-hybridized carbons (Fsp3) is 0.429. The average molecular weight is 147 g/mol. The first-order valence-corrected chi connectivity index (χ1v) is 3.18. The maximum atomic E-state index is 5.47. The van der Waals surface area contributed by atoms with Crippen LogP contribution in [0.4, 0.5) is 0 Å². The molecule has 0 spiro atoms. The minimum Gasteiger partial charge on any atom is -0.498 e. The monoisotopic (exact) mass is 146 g/mol. The molecule has 0 aliphatic heterocycles. The van der Waals surface area contributed by atoms with Gasteiger partial charge >= 0.3 is 0 Å². The summed E-state index contributed by atoms with van der Waals surface area (Å²) in [7, 11) is 0. The first-order chi connectivity index (χ1) is 4.16. The molecule has 0 heterocycles. The molecule has 9 heavy (non-hydrogen) atoms. The third-order valence-corrected chi connectivity index (χ3v) is 0.871. The summed E-state index contributed by atoms with van der Waals surface area (Å²) in [6.45, 7) is 9.67. The Morgan fingerprint density at radius 3 is 2.44 bits per heavy atom. The van der Waals surface area contributed by atoms with Gasteiger partial charge in [0.2, 0.25) is 0 Å². The van der Waals surface area contributed by atoms with E-state index in [9.17, 15) is 0 Å². The van der Waals surface area contributed by atoms with Crippen LogP contribution in [0.25, 0.3) is 0 Å².